The van der Waals surface area contributed by atoms with Crippen LogP contribution < -0.4 is 11.1 Å². The van der Waals surface area contributed by atoms with E-state index in [0.717, 1.165) is 5.56 Å². The lowest BCUT2D eigenvalue weighted by Gasteiger charge is -2.34. The third-order valence-electron chi connectivity index (χ3n) is 3.45. The van der Waals surface area contributed by atoms with Crippen LogP contribution in [0.4, 0.5) is 0 Å². The highest BCUT2D eigenvalue weighted by Gasteiger charge is 2.33. The van der Waals surface area contributed by atoms with Crippen molar-refractivity contribution in [1.82, 2.24) is 10.2 Å². The number of carbonyl (C=O) groups excluding carboxylic acids is 2. The van der Waals surface area contributed by atoms with E-state index in [1.54, 1.807) is 23.1 Å². The maximum atomic E-state index is 12.6. The van der Waals surface area contributed by atoms with Crippen LogP contribution in [0.2, 0.25) is 0 Å². The first-order valence-corrected chi connectivity index (χ1v) is 7.12. The average molecular weight is 291 g/mol. The Labute approximate surface area is 124 Å². The molecule has 0 spiro atoms. The van der Waals surface area contributed by atoms with Gasteiger partial charge in [-0.2, -0.15) is 0 Å². The van der Waals surface area contributed by atoms with Crippen molar-refractivity contribution in [2.75, 3.05) is 26.3 Å². The number of nitrogens with zero attached hydrogens (tertiary/aromatic N) is 1. The molecule has 1 saturated heterocycles. The van der Waals surface area contributed by atoms with Crippen molar-refractivity contribution in [3.8, 4) is 0 Å². The Morgan fingerprint density at radius 3 is 3.00 bits per heavy atom. The van der Waals surface area contributed by atoms with Crippen LogP contribution in [0, 0.1) is 0 Å². The van der Waals surface area contributed by atoms with Crippen LogP contribution in [0.3, 0.4) is 0 Å². The lowest BCUT2D eigenvalue weighted by atomic mass is 10.1. The number of amides is 2. The summed E-state index contributed by atoms with van der Waals surface area (Å²) >= 11 is 0. The first kappa shape index (κ1) is 15.5. The topological polar surface area (TPSA) is 84.7 Å². The fraction of sp³-hybridized carbons (Fsp3) is 0.467. The van der Waals surface area contributed by atoms with Gasteiger partial charge in [0.05, 0.1) is 13.2 Å². The highest BCUT2D eigenvalue weighted by atomic mass is 16.5. The van der Waals surface area contributed by atoms with Crippen molar-refractivity contribution in [1.29, 1.82) is 0 Å². The molecule has 0 radical (unpaired) electrons. The molecule has 2 rings (SSSR count). The fourth-order valence-electron chi connectivity index (χ4n) is 2.35. The standard InChI is InChI=1S/C15H21N3O3/c1-2-17-14(19)13-10-21-7-6-18(13)15(20)12-5-3-4-11(8-12)9-16/h3-5,8,13H,2,6-7,9-10,16H2,1H3,(H,17,19). The van der Waals surface area contributed by atoms with Crippen molar-refractivity contribution in [3.63, 3.8) is 0 Å². The van der Waals surface area contributed by atoms with Crippen molar-refractivity contribution in [3.05, 3.63) is 35.4 Å². The monoisotopic (exact) mass is 291 g/mol. The number of carbonyl (C=O) groups is 2. The van der Waals surface area contributed by atoms with Crippen molar-refractivity contribution >= 4 is 11.8 Å². The van der Waals surface area contributed by atoms with Gasteiger partial charge in [-0.3, -0.25) is 9.59 Å². The molecular formula is C15H21N3O3. The van der Waals surface area contributed by atoms with Gasteiger partial charge >= 0.3 is 0 Å². The number of likely N-dealkylation sites (N-methyl/N-ethyl adjacent to an activating group) is 1. The van der Waals surface area contributed by atoms with Gasteiger partial charge in [-0.05, 0) is 24.6 Å². The number of hydrogen-bond acceptors (Lipinski definition) is 4. The minimum absolute atomic E-state index is 0.162. The second-order valence-electron chi connectivity index (χ2n) is 4.89. The molecule has 1 aliphatic heterocycles. The molecule has 1 atom stereocenters. The predicted octanol–water partition coefficient (Wildman–Crippen LogP) is 0.122. The first-order chi connectivity index (χ1) is 10.2. The Hall–Kier alpha value is -1.92. The molecule has 1 unspecified atom stereocenters. The number of hydrogen-bond donors (Lipinski definition) is 2. The van der Waals surface area contributed by atoms with E-state index in [4.69, 9.17) is 10.5 Å². The summed E-state index contributed by atoms with van der Waals surface area (Å²) in [4.78, 5) is 26.3. The summed E-state index contributed by atoms with van der Waals surface area (Å²) in [6.07, 6.45) is 0. The van der Waals surface area contributed by atoms with Crippen molar-refractivity contribution < 1.29 is 14.3 Å². The highest BCUT2D eigenvalue weighted by Crippen LogP contribution is 2.14. The zero-order valence-corrected chi connectivity index (χ0v) is 12.2. The maximum Gasteiger partial charge on any atom is 0.254 e. The number of nitrogens with two attached hydrogens (primary N) is 1. The summed E-state index contributed by atoms with van der Waals surface area (Å²) in [6.45, 7) is 3.84. The molecule has 0 aliphatic carbocycles. The van der Waals surface area contributed by atoms with Crippen molar-refractivity contribution in [2.24, 2.45) is 5.73 Å². The summed E-state index contributed by atoms with van der Waals surface area (Å²) in [5.74, 6) is -0.342. The zero-order chi connectivity index (χ0) is 15.2. The largest absolute Gasteiger partial charge is 0.377 e. The molecule has 0 bridgehead atoms. The summed E-state index contributed by atoms with van der Waals surface area (Å²) < 4.78 is 5.34. The summed E-state index contributed by atoms with van der Waals surface area (Å²) in [6, 6.07) is 6.61. The number of benzene rings is 1. The molecule has 2 amide bonds. The second kappa shape index (κ2) is 7.19. The number of morpholine rings is 1. The van der Waals surface area contributed by atoms with E-state index in [2.05, 4.69) is 5.32 Å². The molecule has 21 heavy (non-hydrogen) atoms. The Bertz CT molecular complexity index is 519. The van der Waals surface area contributed by atoms with Crippen LogP contribution in [0.25, 0.3) is 0 Å². The quantitative estimate of drug-likeness (QED) is 0.825. The van der Waals surface area contributed by atoms with Gasteiger partial charge in [-0.1, -0.05) is 12.1 Å². The number of rotatable bonds is 4. The zero-order valence-electron chi connectivity index (χ0n) is 12.2. The lowest BCUT2D eigenvalue weighted by molar-refractivity contribution is -0.130. The SMILES string of the molecule is CCNC(=O)C1COCCN1C(=O)c1cccc(CN)c1. The second-order valence-corrected chi connectivity index (χ2v) is 4.89. The van der Waals surface area contributed by atoms with Gasteiger partial charge in [-0.25, -0.2) is 0 Å². The van der Waals surface area contributed by atoms with Crippen molar-refractivity contribution in [2.45, 2.75) is 19.5 Å². The molecule has 0 aromatic heterocycles. The molecule has 114 valence electrons. The molecule has 1 heterocycles. The van der Waals surface area contributed by atoms with E-state index in [-0.39, 0.29) is 18.4 Å². The van der Waals surface area contributed by atoms with Gasteiger partial charge in [0.2, 0.25) is 5.91 Å². The smallest absolute Gasteiger partial charge is 0.254 e. The molecule has 1 fully saturated rings. The van der Waals surface area contributed by atoms with Crippen LogP contribution >= 0.6 is 0 Å². The minimum atomic E-state index is -0.576. The molecule has 6 nitrogen and oxygen atoms in total. The number of nitrogens with one attached hydrogen (secondary N) is 1. The van der Waals surface area contributed by atoms with Gasteiger partial charge in [0.15, 0.2) is 0 Å². The van der Waals surface area contributed by atoms with Gasteiger partial charge in [0, 0.05) is 25.2 Å². The van der Waals surface area contributed by atoms with Gasteiger partial charge < -0.3 is 20.7 Å². The van der Waals surface area contributed by atoms with E-state index in [1.807, 2.05) is 13.0 Å². The van der Waals surface area contributed by atoms with E-state index in [1.165, 1.54) is 0 Å². The third kappa shape index (κ3) is 3.59. The van der Waals surface area contributed by atoms with Gasteiger partial charge in [0.25, 0.3) is 5.91 Å². The molecule has 1 aromatic carbocycles. The molecule has 1 aliphatic rings. The molecule has 0 saturated carbocycles. The highest BCUT2D eigenvalue weighted by molar-refractivity contribution is 5.97. The van der Waals surface area contributed by atoms with Crippen LogP contribution in [0.1, 0.15) is 22.8 Å². The Kier molecular flexibility index (Phi) is 5.30. The third-order valence-corrected chi connectivity index (χ3v) is 3.45. The van der Waals surface area contributed by atoms with Crippen LogP contribution in [-0.4, -0.2) is 49.1 Å². The van der Waals surface area contributed by atoms with E-state index >= 15 is 0 Å². The van der Waals surface area contributed by atoms with Gasteiger partial charge in [0.1, 0.15) is 6.04 Å². The van der Waals surface area contributed by atoms with E-state index in [9.17, 15) is 9.59 Å². The Morgan fingerprint density at radius 1 is 1.48 bits per heavy atom. The Morgan fingerprint density at radius 2 is 2.29 bits per heavy atom. The minimum Gasteiger partial charge on any atom is -0.377 e. The van der Waals surface area contributed by atoms with Crippen LogP contribution in [-0.2, 0) is 16.1 Å². The summed E-state index contributed by atoms with van der Waals surface area (Å²) in [7, 11) is 0. The maximum absolute atomic E-state index is 12.6. The average Bonchev–Trinajstić information content (AvgIpc) is 2.54. The molecule has 3 N–H and O–H groups in total. The number of ether oxygens (including phenoxy) is 1. The van der Waals surface area contributed by atoms with Crippen LogP contribution in [0.5, 0.6) is 0 Å². The van der Waals surface area contributed by atoms with Gasteiger partial charge in [-0.15, -0.1) is 0 Å². The summed E-state index contributed by atoms with van der Waals surface area (Å²) in [5, 5.41) is 2.74. The van der Waals surface area contributed by atoms with E-state index in [0.29, 0.717) is 31.8 Å². The molecule has 1 aromatic rings. The van der Waals surface area contributed by atoms with Crippen LogP contribution in [0.15, 0.2) is 24.3 Å². The predicted molar refractivity (Wildman–Crippen MR) is 78.7 cm³/mol. The summed E-state index contributed by atoms with van der Waals surface area (Å²) in [5.41, 5.74) is 7.05. The fourth-order valence-corrected chi connectivity index (χ4v) is 2.35. The lowest BCUT2D eigenvalue weighted by Crippen LogP contribution is -2.55. The van der Waals surface area contributed by atoms with E-state index < -0.39 is 6.04 Å². The normalized spacial score (nSPS) is 18.4. The first-order valence-electron chi connectivity index (χ1n) is 7.12. The molecule has 6 heteroatoms. The Balaban J connectivity index is 2.19. The molecular weight excluding hydrogens is 270 g/mol.